The predicted molar refractivity (Wildman–Crippen MR) is 124 cm³/mol. The van der Waals surface area contributed by atoms with Gasteiger partial charge in [-0.3, -0.25) is 4.79 Å². The van der Waals surface area contributed by atoms with Gasteiger partial charge >= 0.3 is 12.1 Å². The van der Waals surface area contributed by atoms with Gasteiger partial charge in [0, 0.05) is 0 Å². The molecule has 2 aromatic carbocycles. The first-order valence-electron chi connectivity index (χ1n) is 11.0. The van der Waals surface area contributed by atoms with Crippen molar-refractivity contribution in [3.05, 3.63) is 59.7 Å². The Morgan fingerprint density at radius 1 is 0.970 bits per heavy atom. The smallest absolute Gasteiger partial charge is 0.407 e. The van der Waals surface area contributed by atoms with Crippen molar-refractivity contribution in [2.75, 3.05) is 13.2 Å². The van der Waals surface area contributed by atoms with Crippen LogP contribution in [0.15, 0.2) is 48.5 Å². The van der Waals surface area contributed by atoms with Crippen molar-refractivity contribution >= 4 is 12.1 Å². The zero-order valence-corrected chi connectivity index (χ0v) is 19.9. The molecular weight excluding hydrogens is 428 g/mol. The Balaban J connectivity index is 1.85. The summed E-state index contributed by atoms with van der Waals surface area (Å²) in [6.45, 7) is 7.12. The molecule has 0 saturated heterocycles. The van der Waals surface area contributed by atoms with Gasteiger partial charge in [0.05, 0.1) is 13.0 Å². The molecule has 0 bridgehead atoms. The second-order valence-corrected chi connectivity index (χ2v) is 9.54. The fraction of sp³-hybridized carbons (Fsp3) is 0.462. The van der Waals surface area contributed by atoms with E-state index in [0.717, 1.165) is 17.5 Å². The lowest BCUT2D eigenvalue weighted by Crippen LogP contribution is -2.42. The summed E-state index contributed by atoms with van der Waals surface area (Å²) in [6.07, 6.45) is -0.0813. The van der Waals surface area contributed by atoms with Crippen LogP contribution in [0, 0.1) is 5.92 Å². The molecule has 0 fully saturated rings. The molecule has 0 spiro atoms. The fourth-order valence-electron chi connectivity index (χ4n) is 3.13. The number of alkyl halides is 2. The summed E-state index contributed by atoms with van der Waals surface area (Å²) in [5.41, 5.74) is 3.23. The molecule has 5 nitrogen and oxygen atoms in total. The molecule has 0 heterocycles. The van der Waals surface area contributed by atoms with Crippen LogP contribution in [0.5, 0.6) is 0 Å². The van der Waals surface area contributed by atoms with Crippen LogP contribution in [0.25, 0.3) is 11.1 Å². The highest BCUT2D eigenvalue weighted by molar-refractivity contribution is 5.73. The maximum atomic E-state index is 13.9. The van der Waals surface area contributed by atoms with Gasteiger partial charge in [-0.05, 0) is 55.4 Å². The summed E-state index contributed by atoms with van der Waals surface area (Å²) in [4.78, 5) is 23.5. The monoisotopic (exact) mass is 461 g/mol. The molecule has 33 heavy (non-hydrogen) atoms. The lowest BCUT2D eigenvalue weighted by Gasteiger charge is -2.21. The number of carbonyl (C=O) groups excluding carboxylic acids is 2. The number of halogens is 2. The number of hydrogen-bond donors (Lipinski definition) is 1. The summed E-state index contributed by atoms with van der Waals surface area (Å²) < 4.78 is 37.5. The van der Waals surface area contributed by atoms with E-state index in [9.17, 15) is 18.4 Å². The molecule has 180 valence electrons. The number of carbonyl (C=O) groups is 2. The van der Waals surface area contributed by atoms with Crippen molar-refractivity contribution in [1.82, 2.24) is 5.32 Å². The van der Waals surface area contributed by atoms with Crippen LogP contribution in [0.3, 0.4) is 0 Å². The van der Waals surface area contributed by atoms with Crippen LogP contribution < -0.4 is 5.32 Å². The standard InChI is InChI=1S/C26H33F2NO4/c1-18(2)13-20-7-6-8-22(14-20)21-11-9-19(10-12-21)15-23(30)32-17-26(27,28)16-29-24(31)33-25(3,4)5/h6-12,14,18H,13,15-17H2,1-5H3,(H,29,31). The first kappa shape index (κ1) is 26.3. The number of hydrogen-bond acceptors (Lipinski definition) is 4. The molecule has 7 heteroatoms. The van der Waals surface area contributed by atoms with Gasteiger partial charge < -0.3 is 14.8 Å². The van der Waals surface area contributed by atoms with Crippen LogP contribution in [0.4, 0.5) is 13.6 Å². The van der Waals surface area contributed by atoms with Crippen molar-refractivity contribution in [1.29, 1.82) is 0 Å². The molecule has 0 atom stereocenters. The van der Waals surface area contributed by atoms with E-state index in [1.54, 1.807) is 32.9 Å². The van der Waals surface area contributed by atoms with Gasteiger partial charge in [-0.25, -0.2) is 13.6 Å². The number of nitrogens with one attached hydrogen (secondary N) is 1. The van der Waals surface area contributed by atoms with Crippen molar-refractivity contribution in [3.63, 3.8) is 0 Å². The second-order valence-electron chi connectivity index (χ2n) is 9.54. The van der Waals surface area contributed by atoms with E-state index in [-0.39, 0.29) is 6.42 Å². The molecule has 0 aliphatic rings. The van der Waals surface area contributed by atoms with Gasteiger partial charge in [-0.15, -0.1) is 0 Å². The lowest BCUT2D eigenvalue weighted by molar-refractivity contribution is -0.153. The third-order valence-corrected chi connectivity index (χ3v) is 4.54. The molecule has 0 aliphatic carbocycles. The Bertz CT molecular complexity index is 934. The van der Waals surface area contributed by atoms with Gasteiger partial charge in [0.2, 0.25) is 0 Å². The highest BCUT2D eigenvalue weighted by Crippen LogP contribution is 2.23. The Labute approximate surface area is 194 Å². The minimum absolute atomic E-state index is 0.122. The largest absolute Gasteiger partial charge is 0.459 e. The van der Waals surface area contributed by atoms with E-state index in [1.165, 1.54) is 5.56 Å². The Hall–Kier alpha value is -2.96. The van der Waals surface area contributed by atoms with Gasteiger partial charge in [0.1, 0.15) is 5.60 Å². The Morgan fingerprint density at radius 2 is 1.64 bits per heavy atom. The first-order chi connectivity index (χ1) is 15.3. The van der Waals surface area contributed by atoms with Gasteiger partial charge in [0.15, 0.2) is 6.61 Å². The normalized spacial score (nSPS) is 11.9. The van der Waals surface area contributed by atoms with E-state index in [1.807, 2.05) is 29.6 Å². The number of ether oxygens (including phenoxy) is 2. The molecule has 0 aromatic heterocycles. The number of esters is 1. The average Bonchev–Trinajstić information content (AvgIpc) is 2.70. The first-order valence-corrected chi connectivity index (χ1v) is 11.0. The van der Waals surface area contributed by atoms with Crippen LogP contribution in [-0.2, 0) is 27.1 Å². The topological polar surface area (TPSA) is 64.6 Å². The van der Waals surface area contributed by atoms with E-state index in [0.29, 0.717) is 11.5 Å². The zero-order valence-electron chi connectivity index (χ0n) is 19.9. The number of benzene rings is 2. The van der Waals surface area contributed by atoms with Crippen LogP contribution in [0.2, 0.25) is 0 Å². The Morgan fingerprint density at radius 3 is 2.24 bits per heavy atom. The summed E-state index contributed by atoms with van der Waals surface area (Å²) >= 11 is 0. The fourth-order valence-corrected chi connectivity index (χ4v) is 3.13. The summed E-state index contributed by atoms with van der Waals surface area (Å²) in [5, 5.41) is 1.99. The minimum atomic E-state index is -3.41. The minimum Gasteiger partial charge on any atom is -0.459 e. The van der Waals surface area contributed by atoms with Crippen molar-refractivity contribution in [3.8, 4) is 11.1 Å². The maximum absolute atomic E-state index is 13.9. The molecule has 1 N–H and O–H groups in total. The number of rotatable bonds is 9. The summed E-state index contributed by atoms with van der Waals surface area (Å²) in [7, 11) is 0. The highest BCUT2D eigenvalue weighted by Gasteiger charge is 2.32. The van der Waals surface area contributed by atoms with Crippen LogP contribution in [-0.4, -0.2) is 36.7 Å². The molecule has 0 aliphatic heterocycles. The predicted octanol–water partition coefficient (Wildman–Crippen LogP) is 5.80. The Kier molecular flexibility index (Phi) is 8.97. The highest BCUT2D eigenvalue weighted by atomic mass is 19.3. The second kappa shape index (κ2) is 11.3. The van der Waals surface area contributed by atoms with Gasteiger partial charge in [-0.2, -0.15) is 0 Å². The third kappa shape index (κ3) is 10.0. The molecular formula is C26H33F2NO4. The molecule has 1 amide bonds. The number of alkyl carbamates (subject to hydrolysis) is 1. The number of amides is 1. The molecule has 0 radical (unpaired) electrons. The average molecular weight is 462 g/mol. The zero-order chi connectivity index (χ0) is 24.6. The quantitative estimate of drug-likeness (QED) is 0.480. The van der Waals surface area contributed by atoms with Crippen molar-refractivity contribution in [2.24, 2.45) is 5.92 Å². The summed E-state index contributed by atoms with van der Waals surface area (Å²) in [5.74, 6) is -3.61. The SMILES string of the molecule is CC(C)Cc1cccc(-c2ccc(CC(=O)OCC(F)(F)CNC(=O)OC(C)(C)C)cc2)c1. The van der Waals surface area contributed by atoms with E-state index in [4.69, 9.17) is 9.47 Å². The van der Waals surface area contributed by atoms with Gasteiger partial charge in [0.25, 0.3) is 5.92 Å². The van der Waals surface area contributed by atoms with E-state index < -0.39 is 36.7 Å². The molecule has 2 rings (SSSR count). The third-order valence-electron chi connectivity index (χ3n) is 4.54. The van der Waals surface area contributed by atoms with Crippen LogP contribution in [0.1, 0.15) is 45.7 Å². The van der Waals surface area contributed by atoms with Gasteiger partial charge in [-0.1, -0.05) is 62.4 Å². The van der Waals surface area contributed by atoms with Crippen molar-refractivity contribution < 1.29 is 27.8 Å². The lowest BCUT2D eigenvalue weighted by atomic mass is 9.97. The molecule has 0 unspecified atom stereocenters. The molecule has 0 saturated carbocycles. The van der Waals surface area contributed by atoms with Crippen molar-refractivity contribution in [2.45, 2.75) is 59.0 Å². The van der Waals surface area contributed by atoms with E-state index in [2.05, 4.69) is 26.0 Å². The molecule has 2 aromatic rings. The van der Waals surface area contributed by atoms with Crippen LogP contribution >= 0.6 is 0 Å². The van der Waals surface area contributed by atoms with E-state index >= 15 is 0 Å². The summed E-state index contributed by atoms with van der Waals surface area (Å²) in [6, 6.07) is 15.7. The maximum Gasteiger partial charge on any atom is 0.407 e.